The molecule has 0 aromatic heterocycles. The second kappa shape index (κ2) is 33.8. The number of rotatable bonds is 35. The molecule has 0 aromatic carbocycles. The standard InChI is InChI=1S/C43H76O12S/c1-3-5-7-9-11-13-15-17-18-20-21-23-25-27-29-31-38(44)52-33-36(34-53-43-42(48)41(47)40(46)37(55-43)35-56(49,50)51)54-39(45)32-30-28-26-24-22-19-16-14-12-10-8-6-4-2/h13-18,36-37,40-43,46-48H,3-12,19-35H2,1-2H3,(H,49,50,51)/b15-13+,16-14+,18-17+/t36-,37-,40-,41?,42?,43+/m1/s1. The lowest BCUT2D eigenvalue weighted by Crippen LogP contribution is -2.60. The summed E-state index contributed by atoms with van der Waals surface area (Å²) in [5.74, 6) is -2.02. The smallest absolute Gasteiger partial charge is 0.306 e. The van der Waals surface area contributed by atoms with E-state index in [2.05, 4.69) is 50.3 Å². The quantitative estimate of drug-likeness (QED) is 0.0158. The third-order valence-electron chi connectivity index (χ3n) is 9.72. The number of unbranched alkanes of at least 4 members (excludes halogenated alkanes) is 18. The number of carbonyl (C=O) groups excluding carboxylic acids is 2. The van der Waals surface area contributed by atoms with Gasteiger partial charge in [0.1, 0.15) is 36.8 Å². The lowest BCUT2D eigenvalue weighted by Gasteiger charge is -2.40. The van der Waals surface area contributed by atoms with Crippen molar-refractivity contribution in [2.75, 3.05) is 19.0 Å². The third kappa shape index (κ3) is 28.3. The maximum atomic E-state index is 12.8. The van der Waals surface area contributed by atoms with E-state index in [9.17, 15) is 37.9 Å². The number of hydrogen-bond acceptors (Lipinski definition) is 11. The molecule has 0 spiro atoms. The molecule has 1 aliphatic heterocycles. The lowest BCUT2D eigenvalue weighted by atomic mass is 10.00. The Bertz CT molecular complexity index is 1190. The van der Waals surface area contributed by atoms with Crippen LogP contribution in [-0.4, -0.2) is 96.0 Å². The zero-order valence-electron chi connectivity index (χ0n) is 34.5. The van der Waals surface area contributed by atoms with Gasteiger partial charge in [-0.3, -0.25) is 14.1 Å². The summed E-state index contributed by atoms with van der Waals surface area (Å²) in [6, 6.07) is 0. The van der Waals surface area contributed by atoms with Gasteiger partial charge in [0.25, 0.3) is 10.1 Å². The van der Waals surface area contributed by atoms with Gasteiger partial charge in [0, 0.05) is 12.8 Å². The van der Waals surface area contributed by atoms with E-state index in [1.165, 1.54) is 51.4 Å². The van der Waals surface area contributed by atoms with Crippen molar-refractivity contribution in [3.05, 3.63) is 36.5 Å². The third-order valence-corrected chi connectivity index (χ3v) is 10.5. The first-order chi connectivity index (χ1) is 27.0. The average Bonchev–Trinajstić information content (AvgIpc) is 3.16. The van der Waals surface area contributed by atoms with Crippen molar-refractivity contribution in [2.45, 2.75) is 205 Å². The minimum atomic E-state index is -4.60. The van der Waals surface area contributed by atoms with Crippen LogP contribution in [0.1, 0.15) is 168 Å². The van der Waals surface area contributed by atoms with Gasteiger partial charge in [-0.05, 0) is 64.2 Å². The number of aliphatic hydroxyl groups is 3. The molecular formula is C43H76O12S. The number of allylic oxidation sites excluding steroid dienone is 6. The fourth-order valence-electron chi connectivity index (χ4n) is 6.31. The van der Waals surface area contributed by atoms with Crippen molar-refractivity contribution >= 4 is 22.1 Å². The minimum absolute atomic E-state index is 0.150. The summed E-state index contributed by atoms with van der Waals surface area (Å²) in [5, 5.41) is 30.8. The first-order valence-electron chi connectivity index (χ1n) is 21.6. The van der Waals surface area contributed by atoms with Crippen molar-refractivity contribution in [3.63, 3.8) is 0 Å². The van der Waals surface area contributed by atoms with Crippen LogP contribution < -0.4 is 0 Å². The second-order valence-corrected chi connectivity index (χ2v) is 16.5. The Morgan fingerprint density at radius 3 is 1.59 bits per heavy atom. The molecule has 13 heteroatoms. The number of hydrogen-bond donors (Lipinski definition) is 4. The SMILES string of the molecule is CCCCCC/C=C/C=C/CCCCCCCC(=O)OC[C@H](CO[C@H]1O[C@H](CS(=O)(=O)O)[C@@H](O)C(O)C1O)OC(=O)CCCCCCC/C=C/CCCCCC. The zero-order valence-corrected chi connectivity index (χ0v) is 35.3. The predicted molar refractivity (Wildman–Crippen MR) is 219 cm³/mol. The molecule has 6 atom stereocenters. The molecule has 12 nitrogen and oxygen atoms in total. The summed E-state index contributed by atoms with van der Waals surface area (Å²) in [4.78, 5) is 25.3. The molecule has 2 unspecified atom stereocenters. The Balaban J connectivity index is 2.49. The molecule has 0 aromatic rings. The monoisotopic (exact) mass is 817 g/mol. The Hall–Kier alpha value is -2.13. The van der Waals surface area contributed by atoms with Gasteiger partial charge in [0.2, 0.25) is 0 Å². The van der Waals surface area contributed by atoms with Crippen LogP contribution in [-0.2, 0) is 38.7 Å². The van der Waals surface area contributed by atoms with E-state index in [0.717, 1.165) is 77.0 Å². The first-order valence-corrected chi connectivity index (χ1v) is 23.2. The molecule has 0 saturated carbocycles. The van der Waals surface area contributed by atoms with Crippen molar-refractivity contribution < 1.29 is 56.8 Å². The van der Waals surface area contributed by atoms with E-state index >= 15 is 0 Å². The van der Waals surface area contributed by atoms with E-state index in [-0.39, 0.29) is 19.4 Å². The summed E-state index contributed by atoms with van der Waals surface area (Å²) in [6.07, 6.45) is 27.6. The highest BCUT2D eigenvalue weighted by Crippen LogP contribution is 2.24. The van der Waals surface area contributed by atoms with Gasteiger partial charge in [0.15, 0.2) is 12.4 Å². The van der Waals surface area contributed by atoms with Gasteiger partial charge in [0.05, 0.1) is 6.61 Å². The Morgan fingerprint density at radius 2 is 1.07 bits per heavy atom. The van der Waals surface area contributed by atoms with E-state index in [1.807, 2.05) is 0 Å². The van der Waals surface area contributed by atoms with Gasteiger partial charge in [-0.2, -0.15) is 8.42 Å². The molecule has 0 radical (unpaired) electrons. The molecular weight excluding hydrogens is 741 g/mol. The molecule has 56 heavy (non-hydrogen) atoms. The molecule has 1 aliphatic rings. The number of ether oxygens (including phenoxy) is 4. The highest BCUT2D eigenvalue weighted by molar-refractivity contribution is 7.85. The van der Waals surface area contributed by atoms with Crippen molar-refractivity contribution in [1.29, 1.82) is 0 Å². The van der Waals surface area contributed by atoms with Crippen molar-refractivity contribution in [3.8, 4) is 0 Å². The Morgan fingerprint density at radius 1 is 0.607 bits per heavy atom. The van der Waals surface area contributed by atoms with Crippen LogP contribution in [0.5, 0.6) is 0 Å². The summed E-state index contributed by atoms with van der Waals surface area (Å²) in [5.41, 5.74) is 0. The summed E-state index contributed by atoms with van der Waals surface area (Å²) < 4.78 is 53.9. The van der Waals surface area contributed by atoms with E-state index in [1.54, 1.807) is 0 Å². The molecule has 1 fully saturated rings. The van der Waals surface area contributed by atoms with Gasteiger partial charge in [-0.25, -0.2) is 0 Å². The van der Waals surface area contributed by atoms with Crippen LogP contribution in [0, 0.1) is 0 Å². The molecule has 0 aliphatic carbocycles. The summed E-state index contributed by atoms with van der Waals surface area (Å²) >= 11 is 0. The highest BCUT2D eigenvalue weighted by atomic mass is 32.2. The van der Waals surface area contributed by atoms with Gasteiger partial charge in [-0.15, -0.1) is 0 Å². The highest BCUT2D eigenvalue weighted by Gasteiger charge is 2.46. The van der Waals surface area contributed by atoms with Crippen molar-refractivity contribution in [1.82, 2.24) is 0 Å². The maximum absolute atomic E-state index is 12.8. The fraction of sp³-hybridized carbons (Fsp3) is 0.814. The number of carbonyl (C=O) groups is 2. The summed E-state index contributed by atoms with van der Waals surface area (Å²) in [6.45, 7) is 3.69. The average molecular weight is 817 g/mol. The molecule has 4 N–H and O–H groups in total. The minimum Gasteiger partial charge on any atom is -0.462 e. The largest absolute Gasteiger partial charge is 0.462 e. The van der Waals surface area contributed by atoms with Crippen LogP contribution in [0.2, 0.25) is 0 Å². The Labute approximate surface area is 338 Å². The lowest BCUT2D eigenvalue weighted by molar-refractivity contribution is -0.297. The van der Waals surface area contributed by atoms with Crippen LogP contribution in [0.15, 0.2) is 36.5 Å². The van der Waals surface area contributed by atoms with Crippen LogP contribution in [0.3, 0.4) is 0 Å². The van der Waals surface area contributed by atoms with E-state index < -0.39 is 71.2 Å². The van der Waals surface area contributed by atoms with Gasteiger partial charge in [-0.1, -0.05) is 127 Å². The van der Waals surface area contributed by atoms with Crippen LogP contribution >= 0.6 is 0 Å². The maximum Gasteiger partial charge on any atom is 0.306 e. The Kier molecular flexibility index (Phi) is 31.3. The zero-order chi connectivity index (χ0) is 41.3. The number of aliphatic hydroxyl groups excluding tert-OH is 3. The topological polar surface area (TPSA) is 186 Å². The normalized spacial score (nSPS) is 21.0. The first kappa shape index (κ1) is 51.9. The molecule has 1 rings (SSSR count). The van der Waals surface area contributed by atoms with E-state index in [0.29, 0.717) is 12.8 Å². The van der Waals surface area contributed by atoms with Crippen LogP contribution in [0.25, 0.3) is 0 Å². The molecule has 1 heterocycles. The predicted octanol–water partition coefficient (Wildman–Crippen LogP) is 8.22. The molecule has 0 amide bonds. The molecule has 1 saturated heterocycles. The number of esters is 2. The van der Waals surface area contributed by atoms with E-state index in [4.69, 9.17) is 18.9 Å². The second-order valence-electron chi connectivity index (χ2n) is 15.0. The van der Waals surface area contributed by atoms with Gasteiger partial charge < -0.3 is 34.3 Å². The fourth-order valence-corrected chi connectivity index (χ4v) is 7.00. The summed E-state index contributed by atoms with van der Waals surface area (Å²) in [7, 11) is -4.60. The van der Waals surface area contributed by atoms with Gasteiger partial charge >= 0.3 is 11.9 Å². The van der Waals surface area contributed by atoms with Crippen molar-refractivity contribution in [2.24, 2.45) is 0 Å². The molecule has 0 bridgehead atoms. The molecule has 326 valence electrons. The van der Waals surface area contributed by atoms with Crippen LogP contribution in [0.4, 0.5) is 0 Å².